The van der Waals surface area contributed by atoms with Gasteiger partial charge in [0.15, 0.2) is 0 Å². The SMILES string of the molecule is Cc1c(F)cccc1C1CCC(C)NC1. The third kappa shape index (κ3) is 2.20. The van der Waals surface area contributed by atoms with Crippen LogP contribution in [-0.2, 0) is 0 Å². The summed E-state index contributed by atoms with van der Waals surface area (Å²) in [4.78, 5) is 0. The summed E-state index contributed by atoms with van der Waals surface area (Å²) >= 11 is 0. The minimum Gasteiger partial charge on any atom is -0.314 e. The maximum atomic E-state index is 13.4. The second-order valence-corrected chi connectivity index (χ2v) is 4.54. The highest BCUT2D eigenvalue weighted by Crippen LogP contribution is 2.28. The number of halogens is 1. The standard InChI is InChI=1S/C13H18FN/c1-9-6-7-11(8-15-9)12-4-3-5-13(14)10(12)2/h3-5,9,11,15H,6-8H2,1-2H3. The van der Waals surface area contributed by atoms with Crippen molar-refractivity contribution in [1.82, 2.24) is 5.32 Å². The van der Waals surface area contributed by atoms with Gasteiger partial charge in [0, 0.05) is 12.6 Å². The molecule has 0 spiro atoms. The molecule has 1 aliphatic heterocycles. The molecule has 2 heteroatoms. The van der Waals surface area contributed by atoms with Crippen molar-refractivity contribution in [1.29, 1.82) is 0 Å². The molecule has 1 fully saturated rings. The van der Waals surface area contributed by atoms with Gasteiger partial charge in [0.05, 0.1) is 0 Å². The Hall–Kier alpha value is -0.890. The Labute approximate surface area is 90.7 Å². The second kappa shape index (κ2) is 4.31. The predicted molar refractivity (Wildman–Crippen MR) is 60.6 cm³/mol. The van der Waals surface area contributed by atoms with Crippen LogP contribution in [0.4, 0.5) is 4.39 Å². The van der Waals surface area contributed by atoms with Crippen LogP contribution in [0.3, 0.4) is 0 Å². The van der Waals surface area contributed by atoms with E-state index in [1.807, 2.05) is 13.0 Å². The third-order valence-electron chi connectivity index (χ3n) is 3.41. The first-order valence-corrected chi connectivity index (χ1v) is 5.67. The Bertz CT molecular complexity index is 340. The number of hydrogen-bond acceptors (Lipinski definition) is 1. The number of nitrogens with one attached hydrogen (secondary N) is 1. The van der Waals surface area contributed by atoms with Crippen LogP contribution in [0.2, 0.25) is 0 Å². The highest BCUT2D eigenvalue weighted by Gasteiger charge is 2.20. The van der Waals surface area contributed by atoms with Gasteiger partial charge in [-0.2, -0.15) is 0 Å². The van der Waals surface area contributed by atoms with Crippen molar-refractivity contribution in [3.8, 4) is 0 Å². The van der Waals surface area contributed by atoms with E-state index in [0.717, 1.165) is 12.1 Å². The van der Waals surface area contributed by atoms with Crippen molar-refractivity contribution >= 4 is 0 Å². The average molecular weight is 207 g/mol. The van der Waals surface area contributed by atoms with Gasteiger partial charge in [-0.1, -0.05) is 12.1 Å². The van der Waals surface area contributed by atoms with Crippen molar-refractivity contribution in [2.45, 2.75) is 38.6 Å². The van der Waals surface area contributed by atoms with Crippen LogP contribution < -0.4 is 5.32 Å². The molecule has 0 aromatic heterocycles. The second-order valence-electron chi connectivity index (χ2n) is 4.54. The fourth-order valence-electron chi connectivity index (χ4n) is 2.33. The Morgan fingerprint density at radius 1 is 1.33 bits per heavy atom. The Kier molecular flexibility index (Phi) is 3.06. The van der Waals surface area contributed by atoms with Crippen LogP contribution in [0.15, 0.2) is 18.2 Å². The van der Waals surface area contributed by atoms with E-state index < -0.39 is 0 Å². The molecule has 15 heavy (non-hydrogen) atoms. The topological polar surface area (TPSA) is 12.0 Å². The first-order valence-electron chi connectivity index (χ1n) is 5.67. The van der Waals surface area contributed by atoms with Gasteiger partial charge in [-0.15, -0.1) is 0 Å². The van der Waals surface area contributed by atoms with Gasteiger partial charge < -0.3 is 5.32 Å². The van der Waals surface area contributed by atoms with Crippen molar-refractivity contribution < 1.29 is 4.39 Å². The van der Waals surface area contributed by atoms with Gasteiger partial charge in [0.2, 0.25) is 0 Å². The van der Waals surface area contributed by atoms with Crippen LogP contribution in [0.25, 0.3) is 0 Å². The summed E-state index contributed by atoms with van der Waals surface area (Å²) in [7, 11) is 0. The number of benzene rings is 1. The zero-order valence-electron chi connectivity index (χ0n) is 9.39. The van der Waals surface area contributed by atoms with E-state index >= 15 is 0 Å². The molecule has 2 rings (SSSR count). The van der Waals surface area contributed by atoms with Crippen molar-refractivity contribution in [3.63, 3.8) is 0 Å². The van der Waals surface area contributed by atoms with E-state index in [9.17, 15) is 4.39 Å². The normalized spacial score (nSPS) is 26.6. The molecule has 1 heterocycles. The molecular weight excluding hydrogens is 189 g/mol. The van der Waals surface area contributed by atoms with Crippen LogP contribution in [0, 0.1) is 12.7 Å². The van der Waals surface area contributed by atoms with Gasteiger partial charge >= 0.3 is 0 Å². The van der Waals surface area contributed by atoms with Crippen LogP contribution >= 0.6 is 0 Å². The van der Waals surface area contributed by atoms with E-state index in [2.05, 4.69) is 18.3 Å². The largest absolute Gasteiger partial charge is 0.314 e. The molecular formula is C13H18FN. The van der Waals surface area contributed by atoms with Gasteiger partial charge in [-0.25, -0.2) is 4.39 Å². The molecule has 1 nitrogen and oxygen atoms in total. The van der Waals surface area contributed by atoms with Crippen molar-refractivity contribution in [2.24, 2.45) is 0 Å². The molecule has 1 aromatic rings. The first kappa shape index (κ1) is 10.6. The lowest BCUT2D eigenvalue weighted by Crippen LogP contribution is -2.36. The third-order valence-corrected chi connectivity index (χ3v) is 3.41. The van der Waals surface area contributed by atoms with Gasteiger partial charge in [-0.3, -0.25) is 0 Å². The molecule has 82 valence electrons. The monoisotopic (exact) mass is 207 g/mol. The van der Waals surface area contributed by atoms with E-state index in [1.165, 1.54) is 24.5 Å². The molecule has 0 saturated carbocycles. The number of hydrogen-bond donors (Lipinski definition) is 1. The summed E-state index contributed by atoms with van der Waals surface area (Å²) in [5, 5.41) is 3.45. The zero-order chi connectivity index (χ0) is 10.8. The molecule has 2 unspecified atom stereocenters. The molecule has 1 aromatic carbocycles. The summed E-state index contributed by atoms with van der Waals surface area (Å²) in [6.45, 7) is 5.06. The Morgan fingerprint density at radius 2 is 2.13 bits per heavy atom. The lowest BCUT2D eigenvalue weighted by atomic mass is 9.87. The molecule has 2 atom stereocenters. The smallest absolute Gasteiger partial charge is 0.126 e. The Balaban J connectivity index is 2.19. The molecule has 0 aliphatic carbocycles. The fourth-order valence-corrected chi connectivity index (χ4v) is 2.33. The lowest BCUT2D eigenvalue weighted by Gasteiger charge is -2.28. The van der Waals surface area contributed by atoms with Crippen LogP contribution in [0.1, 0.15) is 36.8 Å². The average Bonchev–Trinajstić information content (AvgIpc) is 2.24. The maximum absolute atomic E-state index is 13.4. The van der Waals surface area contributed by atoms with E-state index in [4.69, 9.17) is 0 Å². The van der Waals surface area contributed by atoms with Gasteiger partial charge in [0.1, 0.15) is 5.82 Å². The fraction of sp³-hybridized carbons (Fsp3) is 0.538. The maximum Gasteiger partial charge on any atom is 0.126 e. The molecule has 0 radical (unpaired) electrons. The minimum absolute atomic E-state index is 0.0777. The first-order chi connectivity index (χ1) is 7.18. The van der Waals surface area contributed by atoms with Gasteiger partial charge in [-0.05, 0) is 49.8 Å². The molecule has 1 aliphatic rings. The Morgan fingerprint density at radius 3 is 2.80 bits per heavy atom. The van der Waals surface area contributed by atoms with Crippen LogP contribution in [-0.4, -0.2) is 12.6 Å². The molecule has 0 bridgehead atoms. The van der Waals surface area contributed by atoms with Crippen LogP contribution in [0.5, 0.6) is 0 Å². The number of rotatable bonds is 1. The lowest BCUT2D eigenvalue weighted by molar-refractivity contribution is 0.383. The van der Waals surface area contributed by atoms with E-state index in [0.29, 0.717) is 12.0 Å². The summed E-state index contributed by atoms with van der Waals surface area (Å²) in [5.41, 5.74) is 1.99. The quantitative estimate of drug-likeness (QED) is 0.746. The highest BCUT2D eigenvalue weighted by molar-refractivity contribution is 5.31. The highest BCUT2D eigenvalue weighted by atomic mass is 19.1. The van der Waals surface area contributed by atoms with E-state index in [-0.39, 0.29) is 5.82 Å². The summed E-state index contributed by atoms with van der Waals surface area (Å²) < 4.78 is 13.4. The number of piperidine rings is 1. The molecule has 0 amide bonds. The summed E-state index contributed by atoms with van der Waals surface area (Å²) in [6, 6.07) is 6.02. The summed E-state index contributed by atoms with van der Waals surface area (Å²) in [5.74, 6) is 0.406. The summed E-state index contributed by atoms with van der Waals surface area (Å²) in [6.07, 6.45) is 2.35. The van der Waals surface area contributed by atoms with Crippen molar-refractivity contribution in [2.75, 3.05) is 6.54 Å². The van der Waals surface area contributed by atoms with Crippen molar-refractivity contribution in [3.05, 3.63) is 35.1 Å². The van der Waals surface area contributed by atoms with E-state index in [1.54, 1.807) is 0 Å². The minimum atomic E-state index is -0.0777. The zero-order valence-corrected chi connectivity index (χ0v) is 9.39. The molecule has 1 saturated heterocycles. The molecule has 1 N–H and O–H groups in total. The van der Waals surface area contributed by atoms with Gasteiger partial charge in [0.25, 0.3) is 0 Å². The predicted octanol–water partition coefficient (Wildman–Crippen LogP) is 2.99.